The zero-order valence-corrected chi connectivity index (χ0v) is 22.5. The predicted octanol–water partition coefficient (Wildman–Crippen LogP) is -1.55. The molecule has 0 radical (unpaired) electrons. The molecule has 0 saturated carbocycles. The van der Waals surface area contributed by atoms with Gasteiger partial charge in [0.1, 0.15) is 22.8 Å². The third-order valence-electron chi connectivity index (χ3n) is 5.43. The van der Waals surface area contributed by atoms with Crippen molar-refractivity contribution in [2.75, 3.05) is 35.3 Å². The molecule has 206 valence electrons. The van der Waals surface area contributed by atoms with Crippen LogP contribution in [-0.4, -0.2) is 84.1 Å². The van der Waals surface area contributed by atoms with Gasteiger partial charge in [-0.3, -0.25) is 14.5 Å². The van der Waals surface area contributed by atoms with Crippen molar-refractivity contribution in [3.63, 3.8) is 0 Å². The van der Waals surface area contributed by atoms with Crippen LogP contribution in [0.25, 0.3) is 0 Å². The van der Waals surface area contributed by atoms with Crippen LogP contribution in [0.1, 0.15) is 5.69 Å². The van der Waals surface area contributed by atoms with Crippen LogP contribution in [0.2, 0.25) is 0 Å². The molecule has 0 aromatic carbocycles. The number of hydrogen-bond donors (Lipinski definition) is 6. The minimum Gasteiger partial charge on any atom is -0.479 e. The van der Waals surface area contributed by atoms with Gasteiger partial charge in [-0.05, 0) is 17.3 Å². The van der Waals surface area contributed by atoms with Crippen LogP contribution in [0.15, 0.2) is 33.0 Å². The fourth-order valence-corrected chi connectivity index (χ4v) is 6.65. The van der Waals surface area contributed by atoms with Crippen molar-refractivity contribution in [3.05, 3.63) is 28.4 Å². The van der Waals surface area contributed by atoms with Gasteiger partial charge in [0.2, 0.25) is 18.2 Å². The molecule has 0 bridgehead atoms. The van der Waals surface area contributed by atoms with Crippen molar-refractivity contribution >= 4 is 81.1 Å². The van der Waals surface area contributed by atoms with Crippen LogP contribution in [0, 0.1) is 0 Å². The van der Waals surface area contributed by atoms with Crippen LogP contribution in [-0.2, 0) is 31.1 Å². The smallest absolute Gasteiger partial charge is 0.352 e. The van der Waals surface area contributed by atoms with Crippen molar-refractivity contribution in [2.45, 2.75) is 16.6 Å². The molecule has 0 aliphatic carbocycles. The van der Waals surface area contributed by atoms with Crippen LogP contribution >= 0.6 is 34.9 Å². The zero-order chi connectivity index (χ0) is 28.4. The quantitative estimate of drug-likeness (QED) is 0.0453. The van der Waals surface area contributed by atoms with Crippen LogP contribution in [0.5, 0.6) is 0 Å². The maximum atomic E-state index is 13.0. The lowest BCUT2D eigenvalue weighted by molar-refractivity contribution is -0.698. The number of nitrogen functional groups attached to an aromatic ring is 3. The number of fused-ring (bicyclic) bond motifs is 1. The minimum atomic E-state index is -1.31. The Morgan fingerprint density at radius 1 is 1.31 bits per heavy atom. The highest BCUT2D eigenvalue weighted by molar-refractivity contribution is 8.01. The Kier molecular flexibility index (Phi) is 8.11. The molecule has 1 unspecified atom stereocenters. The van der Waals surface area contributed by atoms with Gasteiger partial charge in [0.15, 0.2) is 10.8 Å². The van der Waals surface area contributed by atoms with Gasteiger partial charge in [0, 0.05) is 16.9 Å². The van der Waals surface area contributed by atoms with E-state index >= 15 is 0 Å². The first-order valence-electron chi connectivity index (χ1n) is 10.9. The molecule has 4 rings (SSSR count). The summed E-state index contributed by atoms with van der Waals surface area (Å²) in [6, 6.07) is 0.428. The highest BCUT2D eigenvalue weighted by Crippen LogP contribution is 2.41. The van der Waals surface area contributed by atoms with Crippen LogP contribution < -0.4 is 27.1 Å². The van der Waals surface area contributed by atoms with E-state index in [1.165, 1.54) is 35.0 Å². The van der Waals surface area contributed by atoms with Crippen molar-refractivity contribution < 1.29 is 38.8 Å². The minimum absolute atomic E-state index is 0.0229. The number of thiazole rings is 1. The maximum absolute atomic E-state index is 13.0. The number of aromatic nitrogens is 3. The Morgan fingerprint density at radius 3 is 2.69 bits per heavy atom. The second-order valence-corrected chi connectivity index (χ2v) is 11.0. The van der Waals surface area contributed by atoms with Crippen LogP contribution in [0.4, 0.5) is 16.8 Å². The van der Waals surface area contributed by atoms with Gasteiger partial charge in [-0.25, -0.2) is 19.1 Å². The number of carbonyl (C=O) groups is 4. The summed E-state index contributed by atoms with van der Waals surface area (Å²) in [5.74, 6) is -3.05. The summed E-state index contributed by atoms with van der Waals surface area (Å²) in [7, 11) is 1.69. The second-order valence-electron chi connectivity index (χ2n) is 8.03. The zero-order valence-electron chi connectivity index (χ0n) is 20.1. The molecule has 2 aromatic rings. The Hall–Kier alpha value is -4.10. The number of aliphatic carboxylic acids is 2. The molecule has 1 saturated heterocycles. The summed E-state index contributed by atoms with van der Waals surface area (Å²) in [6.45, 7) is -0.811. The maximum Gasteiger partial charge on any atom is 0.352 e. The van der Waals surface area contributed by atoms with Gasteiger partial charge in [0.25, 0.3) is 11.8 Å². The van der Waals surface area contributed by atoms with E-state index in [-0.39, 0.29) is 39.6 Å². The average molecular weight is 597 g/mol. The van der Waals surface area contributed by atoms with E-state index in [0.717, 1.165) is 16.2 Å². The molecule has 2 atom stereocenters. The standard InChI is InChI=1S/C20H21N9O7S3/c1-28-10(22)2-9(21)25-20(28)39-5-7-4-37-17-13(16(33)29(17)14(7)18(34)35)26-15(32)12(27-36-3-11(30)31)8-6-38-19(23)24-8/h2,6,13,17H,3-5H2,1H3,(H8,21,22,23,24,26,30,31,32,34,35)/p+1/b27-12-/t13?,17-/m1/s1. The summed E-state index contributed by atoms with van der Waals surface area (Å²) in [5.41, 5.74) is 17.2. The highest BCUT2D eigenvalue weighted by Gasteiger charge is 2.54. The molecular weight excluding hydrogens is 574 g/mol. The Bertz CT molecular complexity index is 1430. The summed E-state index contributed by atoms with van der Waals surface area (Å²) in [4.78, 5) is 63.0. The number of carboxylic acid groups (broad SMARTS) is 2. The second kappa shape index (κ2) is 11.3. The monoisotopic (exact) mass is 596 g/mol. The molecule has 19 heteroatoms. The molecular formula is C20H22N9O7S3+. The first-order chi connectivity index (χ1) is 18.5. The normalized spacial score (nSPS) is 18.8. The Balaban J connectivity index is 1.51. The van der Waals surface area contributed by atoms with E-state index in [2.05, 4.69) is 20.4 Å². The Morgan fingerprint density at radius 2 is 2.05 bits per heavy atom. The van der Waals surface area contributed by atoms with Gasteiger partial charge < -0.3 is 37.6 Å². The van der Waals surface area contributed by atoms with E-state index in [1.807, 2.05) is 0 Å². The average Bonchev–Trinajstić information content (AvgIpc) is 3.30. The molecule has 9 N–H and O–H groups in total. The molecule has 2 aliphatic heterocycles. The van der Waals surface area contributed by atoms with Gasteiger partial charge in [0.05, 0.1) is 13.1 Å². The van der Waals surface area contributed by atoms with E-state index in [0.29, 0.717) is 16.5 Å². The number of nitrogens with two attached hydrogens (primary N) is 3. The van der Waals surface area contributed by atoms with E-state index in [4.69, 9.17) is 27.1 Å². The van der Waals surface area contributed by atoms with Crippen LogP contribution in [0.3, 0.4) is 0 Å². The molecule has 2 aliphatic rings. The summed E-state index contributed by atoms with van der Waals surface area (Å²) in [6.07, 6.45) is 0. The lowest BCUT2D eigenvalue weighted by Crippen LogP contribution is -2.71. The van der Waals surface area contributed by atoms with Gasteiger partial charge in [-0.15, -0.1) is 23.1 Å². The highest BCUT2D eigenvalue weighted by atomic mass is 32.2. The lowest BCUT2D eigenvalue weighted by Gasteiger charge is -2.49. The molecule has 2 amide bonds. The topological polar surface area (TPSA) is 253 Å². The van der Waals surface area contributed by atoms with Gasteiger partial charge >= 0.3 is 17.1 Å². The number of carbonyl (C=O) groups excluding carboxylic acids is 2. The number of β-lactam (4-membered cyclic amide) rings is 1. The summed E-state index contributed by atoms with van der Waals surface area (Å²) >= 11 is 3.51. The fraction of sp³-hybridized carbons (Fsp3) is 0.300. The SMILES string of the molecule is C[n+]1c(N)cc(N)nc1SCC1=C(C(=O)O)N2C(=O)C(NC(=O)/C(=N\OCC(=O)O)c3csc(N)n3)[C@H]2SC1. The molecule has 4 heterocycles. The number of nitrogens with zero attached hydrogens (tertiary/aromatic N) is 5. The molecule has 16 nitrogen and oxygen atoms in total. The van der Waals surface area contributed by atoms with E-state index < -0.39 is 41.8 Å². The van der Waals surface area contributed by atoms with Gasteiger partial charge in [-0.1, -0.05) is 10.1 Å². The number of amides is 2. The molecule has 0 spiro atoms. The van der Waals surface area contributed by atoms with Crippen molar-refractivity contribution in [2.24, 2.45) is 12.2 Å². The third kappa shape index (κ3) is 5.83. The number of thioether (sulfide) groups is 2. The molecule has 1 fully saturated rings. The Labute approximate surface area is 232 Å². The first kappa shape index (κ1) is 27.9. The predicted molar refractivity (Wildman–Crippen MR) is 141 cm³/mol. The van der Waals surface area contributed by atoms with Crippen molar-refractivity contribution in [3.8, 4) is 0 Å². The molecule has 2 aromatic heterocycles. The third-order valence-corrected chi connectivity index (χ3v) is 8.56. The first-order valence-corrected chi connectivity index (χ1v) is 13.8. The number of anilines is 3. The number of carboxylic acids is 2. The summed E-state index contributed by atoms with van der Waals surface area (Å²) < 4.78 is 1.61. The fourth-order valence-electron chi connectivity index (χ4n) is 3.61. The largest absolute Gasteiger partial charge is 0.479 e. The molecule has 39 heavy (non-hydrogen) atoms. The van der Waals surface area contributed by atoms with E-state index in [1.54, 1.807) is 11.6 Å². The van der Waals surface area contributed by atoms with Gasteiger partial charge in [-0.2, -0.15) is 0 Å². The van der Waals surface area contributed by atoms with Crippen molar-refractivity contribution in [1.29, 1.82) is 0 Å². The number of rotatable bonds is 10. The number of oxime groups is 1. The summed E-state index contributed by atoms with van der Waals surface area (Å²) in [5, 5.41) is 26.1. The number of nitrogens with one attached hydrogen (secondary N) is 1. The van der Waals surface area contributed by atoms with E-state index in [9.17, 15) is 24.3 Å². The number of hydrogen-bond acceptors (Lipinski definition) is 14. The lowest BCUT2D eigenvalue weighted by atomic mass is 10.0. The van der Waals surface area contributed by atoms with Crippen molar-refractivity contribution in [1.82, 2.24) is 20.2 Å².